The summed E-state index contributed by atoms with van der Waals surface area (Å²) in [6, 6.07) is 0. The molecule has 0 aromatic carbocycles. The summed E-state index contributed by atoms with van der Waals surface area (Å²) in [4.78, 5) is 0. The van der Waals surface area contributed by atoms with Gasteiger partial charge in [0.05, 0.1) is 7.85 Å². The van der Waals surface area contributed by atoms with E-state index in [9.17, 15) is 0 Å². The van der Waals surface area contributed by atoms with Crippen molar-refractivity contribution in [3.05, 3.63) is 0 Å². The van der Waals surface area contributed by atoms with Crippen molar-refractivity contribution in [2.24, 2.45) is 17.8 Å². The molecule has 120 valence electrons. The molecule has 0 unspecified atom stereocenters. The topological polar surface area (TPSA) is 0 Å². The zero-order valence-corrected chi connectivity index (χ0v) is 14.3. The van der Waals surface area contributed by atoms with Crippen LogP contribution in [-0.4, -0.2) is 7.85 Å². The molecule has 0 nitrogen and oxygen atoms in total. The van der Waals surface area contributed by atoms with E-state index in [1.54, 1.807) is 25.7 Å². The normalized spacial score (nSPS) is 22.0. The Bertz CT molecular complexity index is 220. The van der Waals surface area contributed by atoms with Gasteiger partial charge in [-0.2, -0.15) is 0 Å². The summed E-state index contributed by atoms with van der Waals surface area (Å²) in [5.41, 5.74) is 0. The summed E-state index contributed by atoms with van der Waals surface area (Å²) in [6.07, 6.45) is 24.7. The fraction of sp³-hybridized carbons (Fsp3) is 1.00. The lowest BCUT2D eigenvalue weighted by molar-refractivity contribution is 0.131. The van der Waals surface area contributed by atoms with Gasteiger partial charge in [-0.3, -0.25) is 0 Å². The van der Waals surface area contributed by atoms with Crippen LogP contribution < -0.4 is 0 Å². The second-order valence-corrected chi connectivity index (χ2v) is 7.81. The lowest BCUT2D eigenvalue weighted by atomic mass is 9.68. The predicted octanol–water partition coefficient (Wildman–Crippen LogP) is 6.69. The second-order valence-electron chi connectivity index (χ2n) is 7.81. The minimum atomic E-state index is 0.882. The molecule has 2 aliphatic rings. The molecule has 0 heterocycles. The van der Waals surface area contributed by atoms with Gasteiger partial charge in [0, 0.05) is 0 Å². The maximum Gasteiger partial charge on any atom is 0.0653 e. The van der Waals surface area contributed by atoms with E-state index in [2.05, 4.69) is 0 Å². The van der Waals surface area contributed by atoms with Gasteiger partial charge in [0.25, 0.3) is 0 Å². The SMILES string of the molecule is [B]CCCCCCCC(C1CCCCC1)C1CCCCC1. The molecule has 2 radical (unpaired) electrons. The van der Waals surface area contributed by atoms with Crippen molar-refractivity contribution in [2.75, 3.05) is 0 Å². The molecule has 21 heavy (non-hydrogen) atoms. The average Bonchev–Trinajstić information content (AvgIpc) is 2.56. The van der Waals surface area contributed by atoms with Crippen LogP contribution in [0.4, 0.5) is 0 Å². The molecule has 0 amide bonds. The number of unbranched alkanes of at least 4 members (excludes halogenated alkanes) is 4. The quantitative estimate of drug-likeness (QED) is 0.327. The Labute approximate surface area is 135 Å². The lowest BCUT2D eigenvalue weighted by Crippen LogP contribution is -2.27. The predicted molar refractivity (Wildman–Crippen MR) is 94.9 cm³/mol. The Morgan fingerprint density at radius 3 is 1.62 bits per heavy atom. The van der Waals surface area contributed by atoms with Gasteiger partial charge >= 0.3 is 0 Å². The molecule has 0 saturated heterocycles. The monoisotopic (exact) mass is 288 g/mol. The first-order valence-corrected chi connectivity index (χ1v) is 10.1. The minimum Gasteiger partial charge on any atom is -0.0887 e. The van der Waals surface area contributed by atoms with E-state index in [0.717, 1.165) is 24.1 Å². The van der Waals surface area contributed by atoms with Gasteiger partial charge in [-0.1, -0.05) is 103 Å². The van der Waals surface area contributed by atoms with Gasteiger partial charge < -0.3 is 0 Å². The average molecular weight is 288 g/mol. The van der Waals surface area contributed by atoms with Crippen molar-refractivity contribution in [3.63, 3.8) is 0 Å². The van der Waals surface area contributed by atoms with Crippen LogP contribution >= 0.6 is 0 Å². The van der Waals surface area contributed by atoms with Gasteiger partial charge in [0.1, 0.15) is 0 Å². The van der Waals surface area contributed by atoms with Crippen molar-refractivity contribution in [1.29, 1.82) is 0 Å². The van der Waals surface area contributed by atoms with Gasteiger partial charge in [-0.05, 0) is 24.2 Å². The highest BCUT2D eigenvalue weighted by Gasteiger charge is 2.30. The van der Waals surface area contributed by atoms with Crippen molar-refractivity contribution in [3.8, 4) is 0 Å². The van der Waals surface area contributed by atoms with Crippen molar-refractivity contribution >= 4 is 7.85 Å². The van der Waals surface area contributed by atoms with E-state index in [4.69, 9.17) is 7.85 Å². The molecule has 0 aromatic rings. The maximum atomic E-state index is 5.59. The maximum absolute atomic E-state index is 5.59. The van der Waals surface area contributed by atoms with Gasteiger partial charge in [-0.15, -0.1) is 0 Å². The van der Waals surface area contributed by atoms with Crippen molar-refractivity contribution in [1.82, 2.24) is 0 Å². The molecule has 1 heteroatoms. The molecular formula is C20H37B. The summed E-state index contributed by atoms with van der Waals surface area (Å²) in [6.45, 7) is 0. The molecule has 0 atom stereocenters. The molecule has 2 aliphatic carbocycles. The van der Waals surface area contributed by atoms with Crippen LogP contribution in [-0.2, 0) is 0 Å². The number of hydrogen-bond donors (Lipinski definition) is 0. The zero-order valence-electron chi connectivity index (χ0n) is 14.3. The van der Waals surface area contributed by atoms with Crippen LogP contribution in [0.5, 0.6) is 0 Å². The fourth-order valence-electron chi connectivity index (χ4n) is 5.04. The fourth-order valence-corrected chi connectivity index (χ4v) is 5.04. The highest BCUT2D eigenvalue weighted by Crippen LogP contribution is 2.42. The van der Waals surface area contributed by atoms with Gasteiger partial charge in [-0.25, -0.2) is 0 Å². The van der Waals surface area contributed by atoms with Crippen LogP contribution in [0.3, 0.4) is 0 Å². The Morgan fingerprint density at radius 1 is 0.619 bits per heavy atom. The number of rotatable bonds is 9. The number of hydrogen-bond acceptors (Lipinski definition) is 0. The summed E-state index contributed by atoms with van der Waals surface area (Å²) in [5, 5.41) is 0. The van der Waals surface area contributed by atoms with E-state index in [1.807, 2.05) is 0 Å². The molecule has 0 aromatic heterocycles. The first-order chi connectivity index (χ1) is 10.4. The third kappa shape index (κ3) is 6.37. The molecule has 2 fully saturated rings. The van der Waals surface area contributed by atoms with Gasteiger partial charge in [0.15, 0.2) is 0 Å². The molecule has 0 bridgehead atoms. The highest BCUT2D eigenvalue weighted by atomic mass is 14.4. The Kier molecular flexibility index (Phi) is 8.90. The van der Waals surface area contributed by atoms with Crippen molar-refractivity contribution in [2.45, 2.75) is 109 Å². The van der Waals surface area contributed by atoms with E-state index < -0.39 is 0 Å². The summed E-state index contributed by atoms with van der Waals surface area (Å²) in [7, 11) is 5.59. The van der Waals surface area contributed by atoms with E-state index in [-0.39, 0.29) is 0 Å². The van der Waals surface area contributed by atoms with Crippen LogP contribution in [0.2, 0.25) is 6.32 Å². The standard InChI is InChI=1S/C20H37B/c21-17-11-3-1-2-10-16-20(18-12-6-4-7-13-18)19-14-8-5-9-15-19/h18-20H,1-17H2. The smallest absolute Gasteiger partial charge is 0.0653 e. The Balaban J connectivity index is 1.74. The van der Waals surface area contributed by atoms with Crippen LogP contribution in [0.25, 0.3) is 0 Å². The van der Waals surface area contributed by atoms with Gasteiger partial charge in [0.2, 0.25) is 0 Å². The molecule has 0 N–H and O–H groups in total. The molecule has 0 spiro atoms. The third-order valence-electron chi connectivity index (χ3n) is 6.25. The van der Waals surface area contributed by atoms with Crippen LogP contribution in [0, 0.1) is 17.8 Å². The molecular weight excluding hydrogens is 251 g/mol. The largest absolute Gasteiger partial charge is 0.0887 e. The summed E-state index contributed by atoms with van der Waals surface area (Å²) < 4.78 is 0. The first-order valence-electron chi connectivity index (χ1n) is 10.1. The van der Waals surface area contributed by atoms with E-state index >= 15 is 0 Å². The summed E-state index contributed by atoms with van der Waals surface area (Å²) in [5.74, 6) is 3.26. The molecule has 2 rings (SSSR count). The van der Waals surface area contributed by atoms with E-state index in [1.165, 1.54) is 77.0 Å². The minimum absolute atomic E-state index is 0.882. The van der Waals surface area contributed by atoms with Crippen LogP contribution in [0.15, 0.2) is 0 Å². The summed E-state index contributed by atoms with van der Waals surface area (Å²) >= 11 is 0. The lowest BCUT2D eigenvalue weighted by Gasteiger charge is -2.38. The zero-order chi connectivity index (χ0) is 14.8. The van der Waals surface area contributed by atoms with Crippen molar-refractivity contribution < 1.29 is 0 Å². The Morgan fingerprint density at radius 2 is 1.10 bits per heavy atom. The second kappa shape index (κ2) is 10.7. The Hall–Kier alpha value is 0.0649. The third-order valence-corrected chi connectivity index (χ3v) is 6.25. The highest BCUT2D eigenvalue weighted by molar-refractivity contribution is 6.08. The molecule has 2 saturated carbocycles. The van der Waals surface area contributed by atoms with E-state index in [0.29, 0.717) is 0 Å². The first kappa shape index (κ1) is 17.4. The van der Waals surface area contributed by atoms with Crippen LogP contribution in [0.1, 0.15) is 103 Å². The molecule has 0 aliphatic heterocycles.